The standard InChI is InChI=1S/C18H24N4O5.C7H8.C4H10/c1-11(2)21-18(27)14(23)9-19-16(25)12(3)22-15(24)10-20-17(26)13-7-5-4-6-8-13;1-7-5-3-2-4-6-7;1-4(2)3/h4-8,11-12H,9-10H2,1-3H3,(H,19,25)(H,20,26)(H,21,27)(H,22,24);2-6H,1H3;4H,1-3H3. The lowest BCUT2D eigenvalue weighted by Gasteiger charge is -2.14. The average molecular weight is 527 g/mol. The van der Waals surface area contributed by atoms with Crippen molar-refractivity contribution in [1.29, 1.82) is 0 Å². The molecule has 0 heterocycles. The Hall–Kier alpha value is -4.01. The molecule has 2 aromatic carbocycles. The number of carbonyl (C=O) groups excluding carboxylic acids is 5. The van der Waals surface area contributed by atoms with E-state index in [-0.39, 0.29) is 12.6 Å². The van der Waals surface area contributed by atoms with E-state index < -0.39 is 42.0 Å². The molecule has 9 heteroatoms. The van der Waals surface area contributed by atoms with E-state index >= 15 is 0 Å². The molecule has 0 aliphatic rings. The normalized spacial score (nSPS) is 10.6. The van der Waals surface area contributed by atoms with Crippen LogP contribution in [0, 0.1) is 12.8 Å². The number of nitrogens with one attached hydrogen (secondary N) is 4. The average Bonchev–Trinajstić information content (AvgIpc) is 2.86. The lowest BCUT2D eigenvalue weighted by atomic mass is 10.2. The number of Topliss-reactive ketones (excluding diaryl/α,β-unsaturated/α-hetero) is 1. The fraction of sp³-hybridized carbons (Fsp3) is 0.414. The van der Waals surface area contributed by atoms with E-state index in [2.05, 4.69) is 61.1 Å². The predicted molar refractivity (Wildman–Crippen MR) is 149 cm³/mol. The first-order valence-corrected chi connectivity index (χ1v) is 12.6. The quantitative estimate of drug-likeness (QED) is 0.373. The zero-order valence-electron chi connectivity index (χ0n) is 23.5. The van der Waals surface area contributed by atoms with Crippen LogP contribution in [0.25, 0.3) is 0 Å². The molecule has 4 N–H and O–H groups in total. The number of amides is 4. The molecule has 208 valence electrons. The maximum atomic E-state index is 11.9. The van der Waals surface area contributed by atoms with Crippen LogP contribution < -0.4 is 21.3 Å². The van der Waals surface area contributed by atoms with Gasteiger partial charge in [-0.05, 0) is 45.7 Å². The Kier molecular flexibility index (Phi) is 17.1. The van der Waals surface area contributed by atoms with Crippen molar-refractivity contribution < 1.29 is 24.0 Å². The molecule has 2 aromatic rings. The zero-order valence-corrected chi connectivity index (χ0v) is 23.5. The van der Waals surface area contributed by atoms with Gasteiger partial charge in [0.2, 0.25) is 17.6 Å². The number of carbonyl (C=O) groups is 5. The first-order chi connectivity index (χ1) is 17.8. The van der Waals surface area contributed by atoms with E-state index in [9.17, 15) is 24.0 Å². The Balaban J connectivity index is 0.00000102. The highest BCUT2D eigenvalue weighted by molar-refractivity contribution is 6.37. The van der Waals surface area contributed by atoms with Crippen LogP contribution in [0.3, 0.4) is 0 Å². The highest BCUT2D eigenvalue weighted by Crippen LogP contribution is 1.97. The maximum Gasteiger partial charge on any atom is 0.289 e. The Bertz CT molecular complexity index is 1010. The van der Waals surface area contributed by atoms with Crippen molar-refractivity contribution >= 4 is 29.4 Å². The summed E-state index contributed by atoms with van der Waals surface area (Å²) in [6, 6.07) is 17.5. The molecule has 0 fully saturated rings. The van der Waals surface area contributed by atoms with Gasteiger partial charge in [-0.1, -0.05) is 74.9 Å². The van der Waals surface area contributed by atoms with Gasteiger partial charge in [-0.3, -0.25) is 24.0 Å². The van der Waals surface area contributed by atoms with Gasteiger partial charge in [-0.25, -0.2) is 0 Å². The summed E-state index contributed by atoms with van der Waals surface area (Å²) in [5, 5.41) is 9.53. The first kappa shape index (κ1) is 34.0. The van der Waals surface area contributed by atoms with Crippen molar-refractivity contribution in [1.82, 2.24) is 21.3 Å². The van der Waals surface area contributed by atoms with Gasteiger partial charge >= 0.3 is 0 Å². The van der Waals surface area contributed by atoms with E-state index in [4.69, 9.17) is 0 Å². The van der Waals surface area contributed by atoms with Crippen LogP contribution in [0.15, 0.2) is 60.7 Å². The fourth-order valence-corrected chi connectivity index (χ4v) is 2.49. The summed E-state index contributed by atoms with van der Waals surface area (Å²) in [5.41, 5.74) is 1.73. The molecule has 1 atom stereocenters. The van der Waals surface area contributed by atoms with Gasteiger partial charge in [-0.15, -0.1) is 0 Å². The second-order valence-corrected chi connectivity index (χ2v) is 9.49. The van der Waals surface area contributed by atoms with Crippen LogP contribution in [0.5, 0.6) is 0 Å². The molecule has 9 nitrogen and oxygen atoms in total. The zero-order chi connectivity index (χ0) is 29.1. The molecule has 0 radical (unpaired) electrons. The largest absolute Gasteiger partial charge is 0.347 e. The molecule has 0 aromatic heterocycles. The molecule has 2 rings (SSSR count). The second-order valence-electron chi connectivity index (χ2n) is 9.49. The monoisotopic (exact) mass is 526 g/mol. The first-order valence-electron chi connectivity index (χ1n) is 12.6. The predicted octanol–water partition coefficient (Wildman–Crippen LogP) is 2.79. The molecule has 0 saturated carbocycles. The summed E-state index contributed by atoms with van der Waals surface area (Å²) in [7, 11) is 0. The minimum absolute atomic E-state index is 0.193. The van der Waals surface area contributed by atoms with Crippen molar-refractivity contribution in [3.05, 3.63) is 71.8 Å². The number of rotatable bonds is 9. The number of ketones is 1. The van der Waals surface area contributed by atoms with Crippen LogP contribution in [0.4, 0.5) is 0 Å². The molecule has 0 spiro atoms. The van der Waals surface area contributed by atoms with Crippen molar-refractivity contribution in [3.63, 3.8) is 0 Å². The summed E-state index contributed by atoms with van der Waals surface area (Å²) < 4.78 is 0. The molecule has 1 unspecified atom stereocenters. The van der Waals surface area contributed by atoms with Gasteiger partial charge in [0.05, 0.1) is 13.1 Å². The van der Waals surface area contributed by atoms with Crippen LogP contribution in [0.2, 0.25) is 0 Å². The Morgan fingerprint density at radius 1 is 0.684 bits per heavy atom. The molecular formula is C29H42N4O5. The van der Waals surface area contributed by atoms with Gasteiger partial charge < -0.3 is 21.3 Å². The van der Waals surface area contributed by atoms with Gasteiger partial charge in [-0.2, -0.15) is 0 Å². The molecule has 0 saturated heterocycles. The van der Waals surface area contributed by atoms with Gasteiger partial charge in [0.15, 0.2) is 0 Å². The van der Waals surface area contributed by atoms with E-state index in [1.807, 2.05) is 18.2 Å². The van der Waals surface area contributed by atoms with E-state index in [0.717, 1.165) is 5.92 Å². The minimum atomic E-state index is -0.938. The summed E-state index contributed by atoms with van der Waals surface area (Å²) in [4.78, 5) is 58.6. The summed E-state index contributed by atoms with van der Waals surface area (Å²) >= 11 is 0. The smallest absolute Gasteiger partial charge is 0.289 e. The lowest BCUT2D eigenvalue weighted by Crippen LogP contribution is -2.50. The highest BCUT2D eigenvalue weighted by atomic mass is 16.2. The summed E-state index contributed by atoms with van der Waals surface area (Å²) in [6.45, 7) is 12.6. The Morgan fingerprint density at radius 2 is 1.18 bits per heavy atom. The van der Waals surface area contributed by atoms with Crippen molar-refractivity contribution in [3.8, 4) is 0 Å². The molecule has 0 aliphatic heterocycles. The van der Waals surface area contributed by atoms with Gasteiger partial charge in [0.25, 0.3) is 11.8 Å². The van der Waals surface area contributed by atoms with Crippen molar-refractivity contribution in [2.75, 3.05) is 13.1 Å². The fourth-order valence-electron chi connectivity index (χ4n) is 2.49. The Labute approximate surface area is 226 Å². The van der Waals surface area contributed by atoms with Crippen LogP contribution >= 0.6 is 0 Å². The number of benzene rings is 2. The number of hydrogen-bond donors (Lipinski definition) is 4. The van der Waals surface area contributed by atoms with E-state index in [0.29, 0.717) is 5.56 Å². The van der Waals surface area contributed by atoms with Crippen LogP contribution in [0.1, 0.15) is 57.5 Å². The summed E-state index contributed by atoms with van der Waals surface area (Å²) in [5.74, 6) is -2.34. The third kappa shape index (κ3) is 17.4. The van der Waals surface area contributed by atoms with E-state index in [1.54, 1.807) is 44.2 Å². The third-order valence-corrected chi connectivity index (χ3v) is 4.25. The SMILES string of the molecule is CC(C)C.CC(C)NC(=O)C(=O)CNC(=O)C(C)NC(=O)CNC(=O)c1ccccc1.Cc1ccccc1. The number of aryl methyl sites for hydroxylation is 1. The van der Waals surface area contributed by atoms with Crippen molar-refractivity contribution in [2.24, 2.45) is 5.92 Å². The van der Waals surface area contributed by atoms with Crippen LogP contribution in [-0.4, -0.2) is 54.6 Å². The van der Waals surface area contributed by atoms with Gasteiger partial charge in [0, 0.05) is 11.6 Å². The Morgan fingerprint density at radius 3 is 1.63 bits per heavy atom. The van der Waals surface area contributed by atoms with Crippen molar-refractivity contribution in [2.45, 2.75) is 60.5 Å². The third-order valence-electron chi connectivity index (χ3n) is 4.25. The lowest BCUT2D eigenvalue weighted by molar-refractivity contribution is -0.138. The molecular weight excluding hydrogens is 484 g/mol. The second kappa shape index (κ2) is 19.1. The maximum absolute atomic E-state index is 11.9. The molecule has 38 heavy (non-hydrogen) atoms. The topological polar surface area (TPSA) is 133 Å². The van der Waals surface area contributed by atoms with E-state index in [1.165, 1.54) is 12.5 Å². The van der Waals surface area contributed by atoms with Crippen LogP contribution in [-0.2, 0) is 19.2 Å². The minimum Gasteiger partial charge on any atom is -0.347 e. The summed E-state index contributed by atoms with van der Waals surface area (Å²) in [6.07, 6.45) is 0. The van der Waals surface area contributed by atoms with Gasteiger partial charge in [0.1, 0.15) is 6.04 Å². The highest BCUT2D eigenvalue weighted by Gasteiger charge is 2.19. The molecule has 0 aliphatic carbocycles. The molecule has 4 amide bonds. The number of hydrogen-bond acceptors (Lipinski definition) is 5. The molecule has 0 bridgehead atoms.